The number of halogens is 1. The maximum Gasteiger partial charge on any atom is 0.131 e. The number of aromatic hydroxyl groups is 1. The molecule has 0 heterocycles. The fourth-order valence-corrected chi connectivity index (χ4v) is 1.45. The van der Waals surface area contributed by atoms with Crippen LogP contribution in [0.1, 0.15) is 18.5 Å². The van der Waals surface area contributed by atoms with Gasteiger partial charge in [-0.1, -0.05) is 0 Å². The predicted octanol–water partition coefficient (Wildman–Crippen LogP) is 1.21. The normalized spacial score (nSPS) is 13.5. The minimum Gasteiger partial charge on any atom is -0.507 e. The number of benzene rings is 1. The summed E-state index contributed by atoms with van der Waals surface area (Å²) < 4.78 is 10.1. The summed E-state index contributed by atoms with van der Waals surface area (Å²) in [7, 11) is 2.95. The summed E-state index contributed by atoms with van der Waals surface area (Å²) in [5.41, 5.74) is 6.15. The van der Waals surface area contributed by atoms with Crippen molar-refractivity contribution < 1.29 is 19.7 Å². The van der Waals surface area contributed by atoms with E-state index in [0.29, 0.717) is 17.1 Å². The van der Waals surface area contributed by atoms with E-state index in [1.165, 1.54) is 20.3 Å². The van der Waals surface area contributed by atoms with Gasteiger partial charge in [0.25, 0.3) is 0 Å². The Kier molecular flexibility index (Phi) is 6.09. The molecule has 1 rings (SSSR count). The number of rotatable bonds is 4. The molecule has 98 valence electrons. The molecule has 0 fully saturated rings. The Hall–Kier alpha value is -1.17. The van der Waals surface area contributed by atoms with Gasteiger partial charge in [0.2, 0.25) is 0 Å². The van der Waals surface area contributed by atoms with Crippen molar-refractivity contribution in [1.82, 2.24) is 0 Å². The largest absolute Gasteiger partial charge is 0.507 e. The van der Waals surface area contributed by atoms with Crippen LogP contribution < -0.4 is 15.2 Å². The molecule has 0 bridgehead atoms. The van der Waals surface area contributed by atoms with E-state index in [9.17, 15) is 10.2 Å². The van der Waals surface area contributed by atoms with E-state index < -0.39 is 12.1 Å². The number of ether oxygens (including phenoxy) is 2. The highest BCUT2D eigenvalue weighted by Crippen LogP contribution is 2.37. The van der Waals surface area contributed by atoms with Gasteiger partial charge in [0, 0.05) is 12.1 Å². The molecule has 0 radical (unpaired) electrons. The van der Waals surface area contributed by atoms with Gasteiger partial charge in [0.1, 0.15) is 17.2 Å². The van der Waals surface area contributed by atoms with Crippen LogP contribution in [0.25, 0.3) is 0 Å². The first-order chi connectivity index (χ1) is 7.51. The lowest BCUT2D eigenvalue weighted by Crippen LogP contribution is -2.23. The molecule has 0 saturated heterocycles. The van der Waals surface area contributed by atoms with Gasteiger partial charge in [-0.25, -0.2) is 0 Å². The molecule has 17 heavy (non-hydrogen) atoms. The van der Waals surface area contributed by atoms with Crippen LogP contribution in [0.3, 0.4) is 0 Å². The zero-order valence-electron chi connectivity index (χ0n) is 10.0. The van der Waals surface area contributed by atoms with Gasteiger partial charge < -0.3 is 25.4 Å². The van der Waals surface area contributed by atoms with Gasteiger partial charge in [-0.3, -0.25) is 0 Å². The lowest BCUT2D eigenvalue weighted by molar-refractivity contribution is 0.161. The van der Waals surface area contributed by atoms with E-state index >= 15 is 0 Å². The molecule has 0 aliphatic rings. The molecule has 0 aliphatic heterocycles. The number of phenols is 1. The van der Waals surface area contributed by atoms with E-state index in [1.807, 2.05) is 0 Å². The third-order valence-electron chi connectivity index (χ3n) is 2.40. The summed E-state index contributed by atoms with van der Waals surface area (Å²) in [6, 6.07) is 2.33. The fraction of sp³-hybridized carbons (Fsp3) is 0.455. The molecule has 0 unspecified atom stereocenters. The zero-order chi connectivity index (χ0) is 12.3. The summed E-state index contributed by atoms with van der Waals surface area (Å²) in [5, 5.41) is 19.2. The smallest absolute Gasteiger partial charge is 0.131 e. The monoisotopic (exact) mass is 263 g/mol. The number of methoxy groups -OCH3 is 2. The van der Waals surface area contributed by atoms with Crippen LogP contribution in [0.4, 0.5) is 0 Å². The van der Waals surface area contributed by atoms with Crippen molar-refractivity contribution in [3.63, 3.8) is 0 Å². The maximum atomic E-state index is 9.80. The third-order valence-corrected chi connectivity index (χ3v) is 2.40. The zero-order valence-corrected chi connectivity index (χ0v) is 10.8. The van der Waals surface area contributed by atoms with Gasteiger partial charge in [-0.05, 0) is 6.92 Å². The second-order valence-corrected chi connectivity index (χ2v) is 3.53. The lowest BCUT2D eigenvalue weighted by Gasteiger charge is -2.20. The number of hydrogen-bond donors (Lipinski definition) is 3. The topological polar surface area (TPSA) is 84.9 Å². The van der Waals surface area contributed by atoms with Crippen molar-refractivity contribution in [3.05, 3.63) is 17.7 Å². The van der Waals surface area contributed by atoms with Crippen LogP contribution in [-0.2, 0) is 0 Å². The van der Waals surface area contributed by atoms with Crippen LogP contribution in [0, 0.1) is 0 Å². The second-order valence-electron chi connectivity index (χ2n) is 3.53. The van der Waals surface area contributed by atoms with E-state index in [1.54, 1.807) is 13.0 Å². The number of hydrogen-bond acceptors (Lipinski definition) is 5. The number of aliphatic hydroxyl groups is 1. The maximum absolute atomic E-state index is 9.80. The molecule has 0 aromatic heterocycles. The van der Waals surface area contributed by atoms with Crippen LogP contribution in [-0.4, -0.2) is 30.5 Å². The average molecular weight is 264 g/mol. The van der Waals surface area contributed by atoms with E-state index in [-0.39, 0.29) is 18.2 Å². The lowest BCUT2D eigenvalue weighted by atomic mass is 10.0. The molecular weight excluding hydrogens is 246 g/mol. The Bertz CT molecular complexity index is 371. The van der Waals surface area contributed by atoms with Gasteiger partial charge in [0.15, 0.2) is 0 Å². The quantitative estimate of drug-likeness (QED) is 0.760. The van der Waals surface area contributed by atoms with Crippen molar-refractivity contribution in [2.45, 2.75) is 19.1 Å². The van der Waals surface area contributed by atoms with Crippen molar-refractivity contribution in [2.24, 2.45) is 5.73 Å². The highest BCUT2D eigenvalue weighted by molar-refractivity contribution is 5.85. The number of phenolic OH excluding ortho intramolecular Hbond substituents is 1. The minimum atomic E-state index is -0.784. The Morgan fingerprint density at radius 3 is 2.24 bits per heavy atom. The molecule has 5 nitrogen and oxygen atoms in total. The molecule has 0 saturated carbocycles. The Morgan fingerprint density at radius 2 is 1.82 bits per heavy atom. The molecule has 0 amide bonds. The summed E-state index contributed by atoms with van der Waals surface area (Å²) in [6.07, 6.45) is -0.784. The number of aliphatic hydroxyl groups excluding tert-OH is 1. The molecule has 4 N–H and O–H groups in total. The van der Waals surface area contributed by atoms with Crippen molar-refractivity contribution in [3.8, 4) is 17.2 Å². The van der Waals surface area contributed by atoms with E-state index in [4.69, 9.17) is 15.2 Å². The molecule has 0 aliphatic carbocycles. The van der Waals surface area contributed by atoms with E-state index in [0.717, 1.165) is 0 Å². The summed E-state index contributed by atoms with van der Waals surface area (Å²) in [6.45, 7) is 1.55. The Labute approximate surface area is 107 Å². The molecule has 1 aromatic rings. The van der Waals surface area contributed by atoms with Gasteiger partial charge in [0.05, 0.1) is 31.9 Å². The first-order valence-electron chi connectivity index (χ1n) is 4.89. The summed E-state index contributed by atoms with van der Waals surface area (Å²) >= 11 is 0. The second kappa shape index (κ2) is 6.54. The van der Waals surface area contributed by atoms with Crippen LogP contribution >= 0.6 is 12.4 Å². The van der Waals surface area contributed by atoms with Gasteiger partial charge in [-0.15, -0.1) is 12.4 Å². The fourth-order valence-electron chi connectivity index (χ4n) is 1.45. The van der Waals surface area contributed by atoms with E-state index in [2.05, 4.69) is 0 Å². The van der Waals surface area contributed by atoms with Crippen LogP contribution in [0.2, 0.25) is 0 Å². The Morgan fingerprint density at radius 1 is 1.24 bits per heavy atom. The molecule has 0 spiro atoms. The standard InChI is InChI=1S/C11H17NO4.ClH/c1-6(13)11(12)10-8(14)4-7(15-2)5-9(10)16-3;/h4-6,11,13-14H,12H2,1-3H3;1H/t6-,11-;/m1./s1. The molecular formula is C11H18ClNO4. The third kappa shape index (κ3) is 3.39. The molecule has 2 atom stereocenters. The SMILES string of the molecule is COc1cc(O)c([C@H](N)[C@@H](C)O)c(OC)c1.Cl. The van der Waals surface area contributed by atoms with Crippen molar-refractivity contribution >= 4 is 12.4 Å². The number of nitrogens with two attached hydrogens (primary N) is 1. The molecule has 1 aromatic carbocycles. The molecule has 6 heteroatoms. The summed E-state index contributed by atoms with van der Waals surface area (Å²) in [4.78, 5) is 0. The first kappa shape index (κ1) is 15.8. The van der Waals surface area contributed by atoms with Crippen LogP contribution in [0.5, 0.6) is 17.2 Å². The van der Waals surface area contributed by atoms with Crippen LogP contribution in [0.15, 0.2) is 12.1 Å². The van der Waals surface area contributed by atoms with Crippen molar-refractivity contribution in [2.75, 3.05) is 14.2 Å². The highest BCUT2D eigenvalue weighted by atomic mass is 35.5. The minimum absolute atomic E-state index is 0. The van der Waals surface area contributed by atoms with Gasteiger partial charge >= 0.3 is 0 Å². The van der Waals surface area contributed by atoms with Crippen molar-refractivity contribution in [1.29, 1.82) is 0 Å². The first-order valence-corrected chi connectivity index (χ1v) is 4.89. The highest BCUT2D eigenvalue weighted by Gasteiger charge is 2.21. The van der Waals surface area contributed by atoms with Gasteiger partial charge in [-0.2, -0.15) is 0 Å². The Balaban J connectivity index is 0.00000256. The average Bonchev–Trinajstić information content (AvgIpc) is 2.26. The summed E-state index contributed by atoms with van der Waals surface area (Å²) in [5.74, 6) is 0.811. The predicted molar refractivity (Wildman–Crippen MR) is 67.1 cm³/mol.